The third-order valence-corrected chi connectivity index (χ3v) is 4.96. The molecule has 7 heteroatoms. The average molecular weight is 250 g/mol. The van der Waals surface area contributed by atoms with E-state index in [2.05, 4.69) is 5.43 Å². The summed E-state index contributed by atoms with van der Waals surface area (Å²) in [4.78, 5) is 11.1. The SMILES string of the molecule is CCO[Si](CCC(=O)NN)(OCC)OCC. The van der Waals surface area contributed by atoms with Crippen LogP contribution in [0.4, 0.5) is 0 Å². The summed E-state index contributed by atoms with van der Waals surface area (Å²) >= 11 is 0. The van der Waals surface area contributed by atoms with Crippen molar-refractivity contribution in [1.29, 1.82) is 0 Å². The van der Waals surface area contributed by atoms with Gasteiger partial charge in [-0.2, -0.15) is 0 Å². The van der Waals surface area contributed by atoms with E-state index >= 15 is 0 Å². The largest absolute Gasteiger partial charge is 0.501 e. The Kier molecular flexibility index (Phi) is 8.40. The molecule has 0 saturated carbocycles. The van der Waals surface area contributed by atoms with Crippen molar-refractivity contribution in [2.24, 2.45) is 5.84 Å². The third kappa shape index (κ3) is 5.57. The average Bonchev–Trinajstić information content (AvgIpc) is 2.27. The first-order valence-corrected chi connectivity index (χ1v) is 7.48. The Morgan fingerprint density at radius 2 is 1.56 bits per heavy atom. The van der Waals surface area contributed by atoms with Crippen LogP contribution in [-0.2, 0) is 18.1 Å². The molecule has 0 spiro atoms. The molecule has 0 bridgehead atoms. The summed E-state index contributed by atoms with van der Waals surface area (Å²) in [5.74, 6) is 4.78. The molecule has 0 radical (unpaired) electrons. The van der Waals surface area contributed by atoms with Crippen LogP contribution in [0.3, 0.4) is 0 Å². The maximum absolute atomic E-state index is 11.1. The lowest BCUT2D eigenvalue weighted by Gasteiger charge is -2.28. The van der Waals surface area contributed by atoms with Gasteiger partial charge in [-0.15, -0.1) is 0 Å². The summed E-state index contributed by atoms with van der Waals surface area (Å²) in [5, 5.41) is 0. The summed E-state index contributed by atoms with van der Waals surface area (Å²) in [5.41, 5.74) is 2.08. The summed E-state index contributed by atoms with van der Waals surface area (Å²) in [7, 11) is -2.69. The topological polar surface area (TPSA) is 82.8 Å². The van der Waals surface area contributed by atoms with Gasteiger partial charge in [0, 0.05) is 32.3 Å². The highest BCUT2D eigenvalue weighted by Crippen LogP contribution is 2.17. The second-order valence-electron chi connectivity index (χ2n) is 3.05. The monoisotopic (exact) mass is 250 g/mol. The first-order valence-electron chi connectivity index (χ1n) is 5.55. The zero-order valence-corrected chi connectivity index (χ0v) is 11.2. The van der Waals surface area contributed by atoms with E-state index in [1.54, 1.807) is 0 Å². The van der Waals surface area contributed by atoms with E-state index in [9.17, 15) is 4.79 Å². The number of nitrogens with two attached hydrogens (primary N) is 1. The van der Waals surface area contributed by atoms with Crippen LogP contribution in [0.15, 0.2) is 0 Å². The molecular weight excluding hydrogens is 228 g/mol. The minimum atomic E-state index is -2.69. The van der Waals surface area contributed by atoms with Gasteiger partial charge < -0.3 is 13.3 Å². The van der Waals surface area contributed by atoms with Crippen LogP contribution in [0.2, 0.25) is 6.04 Å². The highest BCUT2D eigenvalue weighted by atomic mass is 28.4. The van der Waals surface area contributed by atoms with Crippen molar-refractivity contribution >= 4 is 14.7 Å². The van der Waals surface area contributed by atoms with Crippen LogP contribution < -0.4 is 11.3 Å². The van der Waals surface area contributed by atoms with E-state index in [4.69, 9.17) is 19.1 Å². The maximum Gasteiger partial charge on any atom is 0.501 e. The molecule has 0 saturated heterocycles. The molecule has 0 fully saturated rings. The molecule has 96 valence electrons. The third-order valence-electron chi connectivity index (χ3n) is 1.91. The molecule has 0 aliphatic carbocycles. The van der Waals surface area contributed by atoms with Gasteiger partial charge in [0.2, 0.25) is 5.91 Å². The van der Waals surface area contributed by atoms with Gasteiger partial charge >= 0.3 is 8.80 Å². The molecule has 0 aromatic heterocycles. The van der Waals surface area contributed by atoms with Crippen LogP contribution in [-0.4, -0.2) is 34.5 Å². The number of carbonyl (C=O) groups is 1. The van der Waals surface area contributed by atoms with Crippen molar-refractivity contribution in [3.05, 3.63) is 0 Å². The van der Waals surface area contributed by atoms with Crippen LogP contribution in [0.1, 0.15) is 27.2 Å². The van der Waals surface area contributed by atoms with Crippen molar-refractivity contribution in [1.82, 2.24) is 5.43 Å². The number of rotatable bonds is 9. The van der Waals surface area contributed by atoms with Crippen LogP contribution in [0.25, 0.3) is 0 Å². The van der Waals surface area contributed by atoms with E-state index in [-0.39, 0.29) is 12.3 Å². The molecule has 0 aliphatic heterocycles. The Morgan fingerprint density at radius 3 is 1.88 bits per heavy atom. The number of hydrazine groups is 1. The number of carbonyl (C=O) groups excluding carboxylic acids is 1. The Morgan fingerprint density at radius 1 is 1.12 bits per heavy atom. The number of hydrogen-bond acceptors (Lipinski definition) is 5. The zero-order chi connectivity index (χ0) is 12.4. The molecule has 3 N–H and O–H groups in total. The normalized spacial score (nSPS) is 11.5. The van der Waals surface area contributed by atoms with E-state index in [1.165, 1.54) is 0 Å². The van der Waals surface area contributed by atoms with Crippen molar-refractivity contribution in [3.8, 4) is 0 Å². The maximum atomic E-state index is 11.1. The minimum Gasteiger partial charge on any atom is -0.374 e. The Bertz CT molecular complexity index is 187. The van der Waals surface area contributed by atoms with Crippen LogP contribution in [0, 0.1) is 0 Å². The lowest BCUT2D eigenvalue weighted by Crippen LogP contribution is -2.47. The van der Waals surface area contributed by atoms with Crippen LogP contribution >= 0.6 is 0 Å². The quantitative estimate of drug-likeness (QED) is 0.268. The van der Waals surface area contributed by atoms with Gasteiger partial charge in [-0.3, -0.25) is 10.2 Å². The molecule has 0 aromatic carbocycles. The molecule has 0 heterocycles. The second kappa shape index (κ2) is 8.65. The van der Waals surface area contributed by atoms with Gasteiger partial charge in [0.25, 0.3) is 0 Å². The molecule has 16 heavy (non-hydrogen) atoms. The number of amides is 1. The predicted molar refractivity (Wildman–Crippen MR) is 62.4 cm³/mol. The van der Waals surface area contributed by atoms with Crippen molar-refractivity contribution < 1.29 is 18.1 Å². The molecule has 0 unspecified atom stereocenters. The summed E-state index contributed by atoms with van der Waals surface area (Å²) in [6.45, 7) is 7.16. The van der Waals surface area contributed by atoms with Gasteiger partial charge in [0.15, 0.2) is 0 Å². The fourth-order valence-electron chi connectivity index (χ4n) is 1.34. The van der Waals surface area contributed by atoms with Gasteiger partial charge in [0.1, 0.15) is 0 Å². The lowest BCUT2D eigenvalue weighted by atomic mass is 10.5. The fraction of sp³-hybridized carbons (Fsp3) is 0.889. The first-order chi connectivity index (χ1) is 7.64. The molecule has 0 aromatic rings. The lowest BCUT2D eigenvalue weighted by molar-refractivity contribution is -0.121. The van der Waals surface area contributed by atoms with E-state index < -0.39 is 8.80 Å². The molecule has 0 rings (SSSR count). The highest BCUT2D eigenvalue weighted by molar-refractivity contribution is 6.61. The van der Waals surface area contributed by atoms with Crippen molar-refractivity contribution in [2.45, 2.75) is 33.2 Å². The molecule has 6 nitrogen and oxygen atoms in total. The summed E-state index contributed by atoms with van der Waals surface area (Å²) in [6.07, 6.45) is 0.253. The Balaban J connectivity index is 4.39. The zero-order valence-electron chi connectivity index (χ0n) is 10.2. The standard InChI is InChI=1S/C9H22N2O4Si/c1-4-13-16(14-5-2,15-6-3)8-7-9(12)11-10/h4-8,10H2,1-3H3,(H,11,12). The summed E-state index contributed by atoms with van der Waals surface area (Å²) < 4.78 is 16.7. The van der Waals surface area contributed by atoms with E-state index in [0.29, 0.717) is 25.9 Å². The molecule has 0 aliphatic rings. The minimum absolute atomic E-state index is 0.240. The van der Waals surface area contributed by atoms with Gasteiger partial charge in [-0.05, 0) is 20.8 Å². The van der Waals surface area contributed by atoms with Gasteiger partial charge in [0.05, 0.1) is 0 Å². The van der Waals surface area contributed by atoms with E-state index in [1.807, 2.05) is 20.8 Å². The number of hydrogen-bond donors (Lipinski definition) is 2. The predicted octanol–water partition coefficient (Wildman–Crippen LogP) is 0.415. The fourth-order valence-corrected chi connectivity index (χ4v) is 3.88. The van der Waals surface area contributed by atoms with Crippen molar-refractivity contribution in [2.75, 3.05) is 19.8 Å². The molecule has 1 amide bonds. The highest BCUT2D eigenvalue weighted by Gasteiger charge is 2.40. The smallest absolute Gasteiger partial charge is 0.374 e. The first kappa shape index (κ1) is 15.5. The Hall–Kier alpha value is -0.473. The van der Waals surface area contributed by atoms with E-state index in [0.717, 1.165) is 0 Å². The molecular formula is C9H22N2O4Si. The summed E-state index contributed by atoms with van der Waals surface area (Å²) in [6, 6.07) is 0.450. The van der Waals surface area contributed by atoms with Gasteiger partial charge in [-0.25, -0.2) is 5.84 Å². The Labute approximate surface area is 97.8 Å². The van der Waals surface area contributed by atoms with Gasteiger partial charge in [-0.1, -0.05) is 0 Å². The second-order valence-corrected chi connectivity index (χ2v) is 5.78. The number of nitrogens with one attached hydrogen (secondary N) is 1. The van der Waals surface area contributed by atoms with Crippen molar-refractivity contribution in [3.63, 3.8) is 0 Å². The van der Waals surface area contributed by atoms with Crippen LogP contribution in [0.5, 0.6) is 0 Å². The molecule has 0 atom stereocenters.